The van der Waals surface area contributed by atoms with E-state index in [1.807, 2.05) is 25.1 Å². The SMILES string of the molecule is COc1ccc(SC(C)CC(=O)O)cc1OC. The summed E-state index contributed by atoms with van der Waals surface area (Å²) in [5, 5.41) is 8.71. The molecule has 0 aliphatic carbocycles. The molecule has 0 fully saturated rings. The molecule has 0 aliphatic heterocycles. The van der Waals surface area contributed by atoms with Crippen molar-refractivity contribution in [3.8, 4) is 11.5 Å². The Morgan fingerprint density at radius 1 is 1.35 bits per heavy atom. The van der Waals surface area contributed by atoms with E-state index in [1.165, 1.54) is 11.8 Å². The standard InChI is InChI=1S/C12H16O4S/c1-8(6-12(13)14)17-9-4-5-10(15-2)11(7-9)16-3/h4-5,7-8H,6H2,1-3H3,(H,13,14). The second-order valence-electron chi connectivity index (χ2n) is 3.54. The lowest BCUT2D eigenvalue weighted by molar-refractivity contribution is -0.136. The molecule has 4 nitrogen and oxygen atoms in total. The number of carbonyl (C=O) groups is 1. The molecule has 1 rings (SSSR count). The summed E-state index contributed by atoms with van der Waals surface area (Å²) in [7, 11) is 3.16. The van der Waals surface area contributed by atoms with Gasteiger partial charge in [0.1, 0.15) is 0 Å². The Morgan fingerprint density at radius 2 is 2.00 bits per heavy atom. The smallest absolute Gasteiger partial charge is 0.304 e. The van der Waals surface area contributed by atoms with Crippen LogP contribution >= 0.6 is 11.8 Å². The maximum absolute atomic E-state index is 10.6. The van der Waals surface area contributed by atoms with E-state index in [9.17, 15) is 4.79 Å². The van der Waals surface area contributed by atoms with Gasteiger partial charge >= 0.3 is 5.97 Å². The van der Waals surface area contributed by atoms with Gasteiger partial charge in [0.05, 0.1) is 20.6 Å². The van der Waals surface area contributed by atoms with Gasteiger partial charge in [-0.3, -0.25) is 4.79 Å². The van der Waals surface area contributed by atoms with Gasteiger partial charge in [0.2, 0.25) is 0 Å². The summed E-state index contributed by atoms with van der Waals surface area (Å²) in [5.74, 6) is 0.535. The van der Waals surface area contributed by atoms with Crippen molar-refractivity contribution < 1.29 is 19.4 Å². The zero-order chi connectivity index (χ0) is 12.8. The fourth-order valence-electron chi connectivity index (χ4n) is 1.41. The third-order valence-electron chi connectivity index (χ3n) is 2.15. The number of rotatable bonds is 6. The van der Waals surface area contributed by atoms with E-state index in [4.69, 9.17) is 14.6 Å². The average molecular weight is 256 g/mol. The van der Waals surface area contributed by atoms with Crippen molar-refractivity contribution in [2.24, 2.45) is 0 Å². The Morgan fingerprint density at radius 3 is 2.53 bits per heavy atom. The van der Waals surface area contributed by atoms with Crippen LogP contribution in [0, 0.1) is 0 Å². The van der Waals surface area contributed by atoms with Crippen molar-refractivity contribution in [1.29, 1.82) is 0 Å². The molecular weight excluding hydrogens is 240 g/mol. The van der Waals surface area contributed by atoms with Crippen molar-refractivity contribution in [3.05, 3.63) is 18.2 Å². The van der Waals surface area contributed by atoms with Crippen LogP contribution in [0.2, 0.25) is 0 Å². The van der Waals surface area contributed by atoms with Crippen LogP contribution in [0.4, 0.5) is 0 Å². The fraction of sp³-hybridized carbons (Fsp3) is 0.417. The molecule has 1 atom stereocenters. The van der Waals surface area contributed by atoms with Crippen molar-refractivity contribution in [3.63, 3.8) is 0 Å². The van der Waals surface area contributed by atoms with E-state index < -0.39 is 5.97 Å². The van der Waals surface area contributed by atoms with Gasteiger partial charge in [-0.2, -0.15) is 0 Å². The zero-order valence-corrected chi connectivity index (χ0v) is 10.9. The second kappa shape index (κ2) is 6.39. The number of thioether (sulfide) groups is 1. The Bertz CT molecular complexity index is 392. The number of carboxylic acid groups (broad SMARTS) is 1. The molecule has 1 N–H and O–H groups in total. The molecule has 0 saturated heterocycles. The summed E-state index contributed by atoms with van der Waals surface area (Å²) in [6.07, 6.45) is 0.138. The molecule has 1 aromatic rings. The lowest BCUT2D eigenvalue weighted by Gasteiger charge is -2.11. The maximum Gasteiger partial charge on any atom is 0.304 e. The molecule has 0 spiro atoms. The lowest BCUT2D eigenvalue weighted by atomic mass is 10.3. The van der Waals surface area contributed by atoms with Crippen LogP contribution in [0.25, 0.3) is 0 Å². The van der Waals surface area contributed by atoms with Gasteiger partial charge in [0, 0.05) is 10.1 Å². The predicted octanol–water partition coefficient (Wildman–Crippen LogP) is 2.66. The largest absolute Gasteiger partial charge is 0.493 e. The van der Waals surface area contributed by atoms with Gasteiger partial charge in [-0.15, -0.1) is 11.8 Å². The van der Waals surface area contributed by atoms with E-state index >= 15 is 0 Å². The number of hydrogen-bond donors (Lipinski definition) is 1. The highest BCUT2D eigenvalue weighted by molar-refractivity contribution is 8.00. The molecule has 0 amide bonds. The van der Waals surface area contributed by atoms with Crippen LogP contribution in [0.15, 0.2) is 23.1 Å². The van der Waals surface area contributed by atoms with E-state index in [0.717, 1.165) is 4.90 Å². The highest BCUT2D eigenvalue weighted by Crippen LogP contribution is 2.34. The quantitative estimate of drug-likeness (QED) is 0.793. The summed E-state index contributed by atoms with van der Waals surface area (Å²) < 4.78 is 10.3. The van der Waals surface area contributed by atoms with Crippen LogP contribution in [-0.4, -0.2) is 30.5 Å². The summed E-state index contributed by atoms with van der Waals surface area (Å²) in [6.45, 7) is 1.88. The summed E-state index contributed by atoms with van der Waals surface area (Å²) in [6, 6.07) is 5.56. The van der Waals surface area contributed by atoms with Crippen molar-refractivity contribution in [1.82, 2.24) is 0 Å². The average Bonchev–Trinajstić information content (AvgIpc) is 2.27. The van der Waals surface area contributed by atoms with Crippen LogP contribution in [0.3, 0.4) is 0 Å². The molecule has 0 aromatic heterocycles. The zero-order valence-electron chi connectivity index (χ0n) is 10.1. The number of benzene rings is 1. The van der Waals surface area contributed by atoms with Crippen molar-refractivity contribution in [2.75, 3.05) is 14.2 Å². The molecule has 1 aromatic carbocycles. The third kappa shape index (κ3) is 4.19. The molecule has 5 heteroatoms. The maximum atomic E-state index is 10.6. The number of aliphatic carboxylic acids is 1. The minimum Gasteiger partial charge on any atom is -0.493 e. The highest BCUT2D eigenvalue weighted by Gasteiger charge is 2.11. The second-order valence-corrected chi connectivity index (χ2v) is 5.05. The Hall–Kier alpha value is -1.36. The monoisotopic (exact) mass is 256 g/mol. The minimum atomic E-state index is -0.787. The topological polar surface area (TPSA) is 55.8 Å². The Balaban J connectivity index is 2.75. The molecule has 0 heterocycles. The molecule has 0 bridgehead atoms. The first-order valence-corrected chi connectivity index (χ1v) is 6.05. The molecule has 1 unspecified atom stereocenters. The van der Waals surface area contributed by atoms with E-state index in [2.05, 4.69) is 0 Å². The Kier molecular flexibility index (Phi) is 5.15. The van der Waals surface area contributed by atoms with Crippen molar-refractivity contribution >= 4 is 17.7 Å². The first-order valence-electron chi connectivity index (χ1n) is 5.17. The molecule has 17 heavy (non-hydrogen) atoms. The number of ether oxygens (including phenoxy) is 2. The van der Waals surface area contributed by atoms with Gasteiger partial charge in [-0.05, 0) is 18.2 Å². The molecule has 0 saturated carbocycles. The highest BCUT2D eigenvalue weighted by atomic mass is 32.2. The van der Waals surface area contributed by atoms with E-state index in [0.29, 0.717) is 11.5 Å². The van der Waals surface area contributed by atoms with Gasteiger partial charge in [0.25, 0.3) is 0 Å². The van der Waals surface area contributed by atoms with Gasteiger partial charge in [0.15, 0.2) is 11.5 Å². The number of hydrogen-bond acceptors (Lipinski definition) is 4. The van der Waals surface area contributed by atoms with Crippen LogP contribution < -0.4 is 9.47 Å². The first kappa shape index (κ1) is 13.7. The number of carboxylic acids is 1. The van der Waals surface area contributed by atoms with Gasteiger partial charge in [-0.1, -0.05) is 6.92 Å². The number of methoxy groups -OCH3 is 2. The van der Waals surface area contributed by atoms with Crippen LogP contribution in [0.5, 0.6) is 11.5 Å². The fourth-order valence-corrected chi connectivity index (χ4v) is 2.42. The first-order chi connectivity index (χ1) is 8.06. The predicted molar refractivity (Wildman–Crippen MR) is 67.1 cm³/mol. The summed E-state index contributed by atoms with van der Waals surface area (Å²) in [4.78, 5) is 11.5. The molecule has 0 radical (unpaired) electrons. The van der Waals surface area contributed by atoms with E-state index in [1.54, 1.807) is 14.2 Å². The van der Waals surface area contributed by atoms with Crippen molar-refractivity contribution in [2.45, 2.75) is 23.5 Å². The van der Waals surface area contributed by atoms with Crippen LogP contribution in [-0.2, 0) is 4.79 Å². The third-order valence-corrected chi connectivity index (χ3v) is 3.25. The van der Waals surface area contributed by atoms with Gasteiger partial charge < -0.3 is 14.6 Å². The Labute approximate surface area is 105 Å². The molecule has 0 aliphatic rings. The van der Waals surface area contributed by atoms with E-state index in [-0.39, 0.29) is 11.7 Å². The normalized spacial score (nSPS) is 11.9. The summed E-state index contributed by atoms with van der Waals surface area (Å²) in [5.41, 5.74) is 0. The van der Waals surface area contributed by atoms with Crippen LogP contribution in [0.1, 0.15) is 13.3 Å². The lowest BCUT2D eigenvalue weighted by Crippen LogP contribution is -2.05. The molecular formula is C12H16O4S. The molecule has 94 valence electrons. The summed E-state index contributed by atoms with van der Waals surface area (Å²) >= 11 is 1.50. The van der Waals surface area contributed by atoms with Gasteiger partial charge in [-0.25, -0.2) is 0 Å². The minimum absolute atomic E-state index is 0.0191.